The molecule has 0 radical (unpaired) electrons. The van der Waals surface area contributed by atoms with Crippen LogP contribution in [0.25, 0.3) is 0 Å². The molecule has 0 aromatic heterocycles. The van der Waals surface area contributed by atoms with Gasteiger partial charge in [0.15, 0.2) is 0 Å². The third kappa shape index (κ3) is 2.30. The lowest BCUT2D eigenvalue weighted by atomic mass is 9.97. The Hall–Kier alpha value is -1.46. The Labute approximate surface area is 101 Å². The number of hydrogen-bond acceptors (Lipinski definition) is 4. The molecule has 1 aromatic rings. The first-order valence-electron chi connectivity index (χ1n) is 5.76. The van der Waals surface area contributed by atoms with E-state index in [2.05, 4.69) is 10.2 Å². The number of benzene rings is 1. The normalized spacial score (nSPS) is 21.4. The van der Waals surface area contributed by atoms with Gasteiger partial charge in [-0.1, -0.05) is 12.1 Å². The van der Waals surface area contributed by atoms with E-state index in [0.29, 0.717) is 0 Å². The van der Waals surface area contributed by atoms with Crippen LogP contribution in [0.15, 0.2) is 18.2 Å². The fraction of sp³-hybridized carbons (Fsp3) is 0.500. The zero-order valence-electron chi connectivity index (χ0n) is 10.1. The summed E-state index contributed by atoms with van der Waals surface area (Å²) in [7, 11) is 2.02. The number of nitrogens with zero attached hydrogens (tertiary/aromatic N) is 2. The van der Waals surface area contributed by atoms with Crippen molar-refractivity contribution in [2.45, 2.75) is 13.0 Å². The lowest BCUT2D eigenvalue weighted by Crippen LogP contribution is -2.44. The van der Waals surface area contributed by atoms with Crippen LogP contribution < -0.4 is 5.32 Å². The van der Waals surface area contributed by atoms with Crippen molar-refractivity contribution >= 4 is 5.69 Å². The van der Waals surface area contributed by atoms with E-state index in [1.807, 2.05) is 20.0 Å². The molecule has 1 aliphatic heterocycles. The minimum atomic E-state index is -0.287. The Bertz CT molecular complexity index is 434. The Morgan fingerprint density at radius 3 is 2.94 bits per heavy atom. The molecule has 1 aromatic carbocycles. The third-order valence-corrected chi connectivity index (χ3v) is 3.34. The van der Waals surface area contributed by atoms with E-state index >= 15 is 0 Å². The van der Waals surface area contributed by atoms with Crippen molar-refractivity contribution in [1.29, 1.82) is 0 Å². The predicted molar refractivity (Wildman–Crippen MR) is 66.1 cm³/mol. The molecule has 1 atom stereocenters. The average molecular weight is 235 g/mol. The van der Waals surface area contributed by atoms with Crippen molar-refractivity contribution < 1.29 is 4.92 Å². The van der Waals surface area contributed by atoms with Crippen LogP contribution in [0.5, 0.6) is 0 Å². The standard InChI is InChI=1S/C12H17N3O2/c1-9-4-3-5-10(15(16)17)12(9)11-8-13-6-7-14(11)2/h3-5,11,13H,6-8H2,1-2H3. The van der Waals surface area contributed by atoms with Gasteiger partial charge in [0.2, 0.25) is 0 Å². The summed E-state index contributed by atoms with van der Waals surface area (Å²) in [5, 5.41) is 14.4. The average Bonchev–Trinajstić information content (AvgIpc) is 2.30. The maximum atomic E-state index is 11.1. The molecule has 2 rings (SSSR count). The van der Waals surface area contributed by atoms with Gasteiger partial charge in [-0.2, -0.15) is 0 Å². The van der Waals surface area contributed by atoms with Crippen molar-refractivity contribution in [2.75, 3.05) is 26.7 Å². The molecule has 17 heavy (non-hydrogen) atoms. The second-order valence-electron chi connectivity index (χ2n) is 4.47. The van der Waals surface area contributed by atoms with Gasteiger partial charge in [-0.25, -0.2) is 0 Å². The van der Waals surface area contributed by atoms with Crippen LogP contribution in [0.4, 0.5) is 5.69 Å². The van der Waals surface area contributed by atoms with Crippen molar-refractivity contribution in [2.24, 2.45) is 0 Å². The van der Waals surface area contributed by atoms with Gasteiger partial charge in [-0.05, 0) is 19.5 Å². The van der Waals surface area contributed by atoms with Crippen LogP contribution >= 0.6 is 0 Å². The van der Waals surface area contributed by atoms with E-state index in [4.69, 9.17) is 0 Å². The van der Waals surface area contributed by atoms with Crippen molar-refractivity contribution in [3.63, 3.8) is 0 Å². The largest absolute Gasteiger partial charge is 0.314 e. The topological polar surface area (TPSA) is 58.4 Å². The second kappa shape index (κ2) is 4.81. The van der Waals surface area contributed by atoms with Crippen molar-refractivity contribution in [3.05, 3.63) is 39.4 Å². The summed E-state index contributed by atoms with van der Waals surface area (Å²) in [4.78, 5) is 13.0. The molecule has 1 N–H and O–H groups in total. The smallest absolute Gasteiger partial charge is 0.274 e. The number of aryl methyl sites for hydroxylation is 1. The molecule has 1 heterocycles. The molecule has 1 saturated heterocycles. The number of likely N-dealkylation sites (N-methyl/N-ethyl adjacent to an activating group) is 1. The number of piperazine rings is 1. The first kappa shape index (κ1) is 12.0. The maximum Gasteiger partial charge on any atom is 0.274 e. The van der Waals surface area contributed by atoms with E-state index in [9.17, 15) is 10.1 Å². The van der Waals surface area contributed by atoms with Gasteiger partial charge in [0.1, 0.15) is 0 Å². The molecule has 0 bridgehead atoms. The van der Waals surface area contributed by atoms with Gasteiger partial charge in [0.05, 0.1) is 16.5 Å². The summed E-state index contributed by atoms with van der Waals surface area (Å²) in [6.07, 6.45) is 0. The molecule has 1 fully saturated rings. The molecule has 92 valence electrons. The monoisotopic (exact) mass is 235 g/mol. The molecule has 0 saturated carbocycles. The van der Waals surface area contributed by atoms with Crippen LogP contribution in [0.1, 0.15) is 17.2 Å². The summed E-state index contributed by atoms with van der Waals surface area (Å²) in [5.74, 6) is 0. The Morgan fingerprint density at radius 2 is 2.29 bits per heavy atom. The van der Waals surface area contributed by atoms with E-state index in [1.165, 1.54) is 0 Å². The van der Waals surface area contributed by atoms with Gasteiger partial charge >= 0.3 is 0 Å². The summed E-state index contributed by atoms with van der Waals surface area (Å²) in [6.45, 7) is 4.55. The SMILES string of the molecule is Cc1cccc([N+](=O)[O-])c1C1CNCCN1C. The molecule has 1 aliphatic rings. The molecule has 0 spiro atoms. The number of nitrogens with one attached hydrogen (secondary N) is 1. The third-order valence-electron chi connectivity index (χ3n) is 3.34. The zero-order valence-corrected chi connectivity index (χ0v) is 10.1. The van der Waals surface area contributed by atoms with Gasteiger partial charge in [0.25, 0.3) is 5.69 Å². The zero-order chi connectivity index (χ0) is 12.4. The van der Waals surface area contributed by atoms with E-state index in [1.54, 1.807) is 12.1 Å². The van der Waals surface area contributed by atoms with Gasteiger partial charge < -0.3 is 5.32 Å². The predicted octanol–water partition coefficient (Wildman–Crippen LogP) is 1.48. The Morgan fingerprint density at radius 1 is 1.53 bits per heavy atom. The minimum absolute atomic E-state index is 0.0883. The highest BCUT2D eigenvalue weighted by atomic mass is 16.6. The second-order valence-corrected chi connectivity index (χ2v) is 4.47. The highest BCUT2D eigenvalue weighted by Crippen LogP contribution is 2.31. The van der Waals surface area contributed by atoms with Gasteiger partial charge in [-0.15, -0.1) is 0 Å². The summed E-state index contributed by atoms with van der Waals surface area (Å²) in [6, 6.07) is 5.35. The molecule has 5 heteroatoms. The molecule has 0 aliphatic carbocycles. The molecular formula is C12H17N3O2. The Balaban J connectivity index is 2.45. The van der Waals surface area contributed by atoms with E-state index in [-0.39, 0.29) is 16.7 Å². The number of nitro benzene ring substituents is 1. The van der Waals surface area contributed by atoms with E-state index in [0.717, 1.165) is 30.8 Å². The number of nitro groups is 1. The lowest BCUT2D eigenvalue weighted by molar-refractivity contribution is -0.386. The van der Waals surface area contributed by atoms with Crippen LogP contribution in [0.2, 0.25) is 0 Å². The number of rotatable bonds is 2. The summed E-state index contributed by atoms with van der Waals surface area (Å²) < 4.78 is 0. The minimum Gasteiger partial charge on any atom is -0.314 e. The van der Waals surface area contributed by atoms with Crippen LogP contribution in [-0.4, -0.2) is 36.5 Å². The molecule has 1 unspecified atom stereocenters. The fourth-order valence-corrected chi connectivity index (χ4v) is 2.39. The van der Waals surface area contributed by atoms with Crippen molar-refractivity contribution in [3.8, 4) is 0 Å². The fourth-order valence-electron chi connectivity index (χ4n) is 2.39. The first-order valence-corrected chi connectivity index (χ1v) is 5.76. The van der Waals surface area contributed by atoms with Crippen LogP contribution in [0.3, 0.4) is 0 Å². The first-order chi connectivity index (χ1) is 8.11. The summed E-state index contributed by atoms with van der Waals surface area (Å²) in [5.41, 5.74) is 2.05. The van der Waals surface area contributed by atoms with E-state index < -0.39 is 0 Å². The number of hydrogen-bond donors (Lipinski definition) is 1. The van der Waals surface area contributed by atoms with Crippen LogP contribution in [-0.2, 0) is 0 Å². The van der Waals surface area contributed by atoms with Crippen molar-refractivity contribution in [1.82, 2.24) is 10.2 Å². The van der Waals surface area contributed by atoms with Crippen LogP contribution in [0, 0.1) is 17.0 Å². The highest BCUT2D eigenvalue weighted by molar-refractivity contribution is 5.47. The van der Waals surface area contributed by atoms with Gasteiger partial charge in [-0.3, -0.25) is 15.0 Å². The lowest BCUT2D eigenvalue weighted by Gasteiger charge is -2.33. The molecule has 0 amide bonds. The molecular weight excluding hydrogens is 218 g/mol. The summed E-state index contributed by atoms with van der Waals surface area (Å²) >= 11 is 0. The quantitative estimate of drug-likeness (QED) is 0.623. The van der Waals surface area contributed by atoms with Gasteiger partial charge in [0, 0.05) is 25.7 Å². The maximum absolute atomic E-state index is 11.1. The Kier molecular flexibility index (Phi) is 3.40. The highest BCUT2D eigenvalue weighted by Gasteiger charge is 2.28. The molecule has 5 nitrogen and oxygen atoms in total.